The summed E-state index contributed by atoms with van der Waals surface area (Å²) in [6, 6.07) is 3.02. The highest BCUT2D eigenvalue weighted by Crippen LogP contribution is 2.41. The van der Waals surface area contributed by atoms with E-state index in [1.165, 1.54) is 4.90 Å². The number of carbonyl (C=O) groups is 3. The Morgan fingerprint density at radius 3 is 2.31 bits per heavy atom. The van der Waals surface area contributed by atoms with Crippen molar-refractivity contribution in [1.29, 1.82) is 0 Å². The first-order valence-electron chi connectivity index (χ1n) is 16.7. The number of imidazole rings is 1. The molecule has 0 bridgehead atoms. The van der Waals surface area contributed by atoms with Crippen LogP contribution in [0.15, 0.2) is 18.5 Å². The molecule has 2 saturated carbocycles. The van der Waals surface area contributed by atoms with Gasteiger partial charge >= 0.3 is 12.2 Å². The molecule has 3 amide bonds. The molecule has 1 aromatic carbocycles. The van der Waals surface area contributed by atoms with Crippen LogP contribution in [0.4, 0.5) is 15.4 Å². The lowest BCUT2D eigenvalue weighted by molar-refractivity contribution is 0.0145. The molecular weight excluding hydrogens is 650 g/mol. The summed E-state index contributed by atoms with van der Waals surface area (Å²) >= 11 is 6.71. The summed E-state index contributed by atoms with van der Waals surface area (Å²) in [6.07, 6.45) is 4.71. The molecule has 2 aromatic heterocycles. The number of nitrogens with two attached hydrogens (primary N) is 1. The van der Waals surface area contributed by atoms with Gasteiger partial charge in [0.2, 0.25) is 0 Å². The third-order valence-corrected chi connectivity index (χ3v) is 8.82. The fraction of sp³-hybridized carbons (Fsp3) is 0.571. The zero-order valence-corrected chi connectivity index (χ0v) is 29.8. The van der Waals surface area contributed by atoms with Crippen LogP contribution in [0.5, 0.6) is 0 Å². The minimum absolute atomic E-state index is 0.0144. The summed E-state index contributed by atoms with van der Waals surface area (Å²) < 4.78 is 20.7. The van der Waals surface area contributed by atoms with E-state index in [9.17, 15) is 14.4 Å². The summed E-state index contributed by atoms with van der Waals surface area (Å²) in [7, 11) is 1.56. The number of ether oxygens (including phenoxy) is 3. The van der Waals surface area contributed by atoms with E-state index >= 15 is 0 Å². The lowest BCUT2D eigenvalue weighted by atomic mass is 10.1. The van der Waals surface area contributed by atoms with E-state index in [4.69, 9.17) is 36.6 Å². The molecule has 0 spiro atoms. The molecule has 6 rings (SSSR count). The number of primary amides is 1. The number of aromatic nitrogens is 4. The highest BCUT2D eigenvalue weighted by molar-refractivity contribution is 6.32. The van der Waals surface area contributed by atoms with E-state index in [2.05, 4.69) is 21.4 Å². The number of anilines is 1. The molecule has 2 N–H and O–H groups in total. The number of carbonyl (C=O) groups excluding carboxylic acids is 3. The van der Waals surface area contributed by atoms with Crippen molar-refractivity contribution >= 4 is 46.5 Å². The topological polar surface area (TPSA) is 147 Å². The second kappa shape index (κ2) is 12.9. The maximum atomic E-state index is 13.8. The largest absolute Gasteiger partial charge is 0.444 e. The monoisotopic (exact) mass is 693 g/mol. The highest BCUT2D eigenvalue weighted by Gasteiger charge is 2.45. The van der Waals surface area contributed by atoms with Gasteiger partial charge in [0.1, 0.15) is 16.8 Å². The fourth-order valence-electron chi connectivity index (χ4n) is 6.16. The summed E-state index contributed by atoms with van der Waals surface area (Å²) in [5.74, 6) is 5.50. The van der Waals surface area contributed by atoms with Crippen LogP contribution in [0.2, 0.25) is 5.02 Å². The van der Waals surface area contributed by atoms with E-state index in [0.717, 1.165) is 23.9 Å². The first-order valence-corrected chi connectivity index (χ1v) is 17.0. The zero-order chi connectivity index (χ0) is 35.4. The summed E-state index contributed by atoms with van der Waals surface area (Å²) in [5.41, 5.74) is 6.79. The molecule has 3 aliphatic rings. The number of hydrogen-bond acceptors (Lipinski definition) is 8. The molecule has 2 aliphatic carbocycles. The average Bonchev–Trinajstić information content (AvgIpc) is 3.89. The van der Waals surface area contributed by atoms with Crippen LogP contribution in [0, 0.1) is 11.8 Å². The molecule has 0 radical (unpaired) electrons. The van der Waals surface area contributed by atoms with Crippen LogP contribution in [-0.4, -0.2) is 85.9 Å². The Bertz CT molecular complexity index is 1850. The minimum Gasteiger partial charge on any atom is -0.444 e. The second-order valence-electron chi connectivity index (χ2n) is 15.0. The van der Waals surface area contributed by atoms with Crippen molar-refractivity contribution in [1.82, 2.24) is 24.2 Å². The van der Waals surface area contributed by atoms with Crippen molar-refractivity contribution in [3.8, 4) is 11.8 Å². The van der Waals surface area contributed by atoms with Crippen LogP contribution in [0.25, 0.3) is 11.0 Å². The summed E-state index contributed by atoms with van der Waals surface area (Å²) in [5, 5.41) is 5.27. The molecule has 2 atom stereocenters. The predicted molar refractivity (Wildman–Crippen MR) is 184 cm³/mol. The molecule has 262 valence electrons. The lowest BCUT2D eigenvalue weighted by Gasteiger charge is -2.29. The van der Waals surface area contributed by atoms with Gasteiger partial charge in [0.05, 0.1) is 41.1 Å². The number of hydrogen-bond donors (Lipinski definition) is 1. The molecule has 49 heavy (non-hydrogen) atoms. The van der Waals surface area contributed by atoms with E-state index < -0.39 is 35.3 Å². The number of benzene rings is 1. The van der Waals surface area contributed by atoms with E-state index in [1.807, 2.05) is 18.5 Å². The summed E-state index contributed by atoms with van der Waals surface area (Å²) in [6.45, 7) is 11.2. The third-order valence-electron chi connectivity index (χ3n) is 8.51. The Morgan fingerprint density at radius 1 is 1.02 bits per heavy atom. The Morgan fingerprint density at radius 2 is 1.71 bits per heavy atom. The van der Waals surface area contributed by atoms with Crippen molar-refractivity contribution in [2.75, 3.05) is 25.2 Å². The van der Waals surface area contributed by atoms with Gasteiger partial charge in [0.25, 0.3) is 5.91 Å². The molecule has 3 fully saturated rings. The van der Waals surface area contributed by atoms with Gasteiger partial charge in [-0.1, -0.05) is 17.5 Å². The Kier molecular flexibility index (Phi) is 9.09. The maximum absolute atomic E-state index is 13.8. The molecule has 1 saturated heterocycles. The minimum atomic E-state index is -0.809. The van der Waals surface area contributed by atoms with Gasteiger partial charge in [0, 0.05) is 31.3 Å². The first kappa shape index (κ1) is 34.6. The van der Waals surface area contributed by atoms with Crippen molar-refractivity contribution in [3.63, 3.8) is 0 Å². The number of fused-ring (bicyclic) bond motifs is 1. The van der Waals surface area contributed by atoms with Gasteiger partial charge in [0.15, 0.2) is 11.5 Å². The molecule has 3 heterocycles. The highest BCUT2D eigenvalue weighted by atomic mass is 35.5. The van der Waals surface area contributed by atoms with E-state index in [0.29, 0.717) is 35.9 Å². The van der Waals surface area contributed by atoms with Crippen molar-refractivity contribution in [3.05, 3.63) is 40.3 Å². The van der Waals surface area contributed by atoms with Gasteiger partial charge in [-0.3, -0.25) is 9.69 Å². The number of nitrogens with zero attached hydrogens (tertiary/aromatic N) is 6. The van der Waals surface area contributed by atoms with Gasteiger partial charge in [-0.2, -0.15) is 5.10 Å². The van der Waals surface area contributed by atoms with E-state index in [-0.39, 0.29) is 42.3 Å². The predicted octanol–water partition coefficient (Wildman–Crippen LogP) is 5.82. The van der Waals surface area contributed by atoms with Crippen molar-refractivity contribution in [2.24, 2.45) is 5.73 Å². The SMILES string of the molecule is COC[C@H]1C[C@H](n2nc(C#Cc3cc4ncn(C5CC5)c4cc3Cl)c(C(N)=O)c2N(C(=O)OC(C)(C)C)C2CC2)CN1C(=O)OC(C)(C)C. The van der Waals surface area contributed by atoms with E-state index in [1.54, 1.807) is 58.2 Å². The lowest BCUT2D eigenvalue weighted by Crippen LogP contribution is -2.42. The molecule has 0 unspecified atom stereocenters. The molecule has 3 aromatic rings. The Labute approximate surface area is 291 Å². The maximum Gasteiger partial charge on any atom is 0.416 e. The zero-order valence-electron chi connectivity index (χ0n) is 29.1. The van der Waals surface area contributed by atoms with Crippen LogP contribution >= 0.6 is 11.6 Å². The molecular formula is C35H44ClN7O6. The number of rotatable bonds is 7. The fourth-order valence-corrected chi connectivity index (χ4v) is 6.36. The molecule has 14 heteroatoms. The standard InChI is InChI=1S/C35H44ClN7O6/c1-34(2,3)48-32(45)40-17-23(15-24(40)18-47-7)43-31(42(22-11-12-22)33(46)49-35(4,5)6)29(30(37)44)26(39-43)13-8-20-14-27-28(16-25(20)36)41(19-38-27)21-9-10-21/h14,16,19,21-24H,9-12,15,17-18H2,1-7H3,(H2,37,44)/t23-,24+/m0/s1. The number of likely N-dealkylation sites (tertiary alicyclic amines) is 1. The van der Waals surface area contributed by atoms with Crippen LogP contribution < -0.4 is 10.6 Å². The van der Waals surface area contributed by atoms with Gasteiger partial charge in [-0.25, -0.2) is 19.3 Å². The van der Waals surface area contributed by atoms with Crippen molar-refractivity contribution in [2.45, 2.75) is 109 Å². The van der Waals surface area contributed by atoms with Gasteiger partial charge in [-0.05, 0) is 91.7 Å². The Hall–Kier alpha value is -4.28. The third kappa shape index (κ3) is 7.50. The second-order valence-corrected chi connectivity index (χ2v) is 15.4. The first-order chi connectivity index (χ1) is 23.0. The quantitative estimate of drug-likeness (QED) is 0.305. The van der Waals surface area contributed by atoms with Gasteiger partial charge < -0.3 is 29.4 Å². The van der Waals surface area contributed by atoms with Crippen LogP contribution in [-0.2, 0) is 14.2 Å². The molecule has 13 nitrogen and oxygen atoms in total. The van der Waals surface area contributed by atoms with Crippen molar-refractivity contribution < 1.29 is 28.6 Å². The number of amides is 3. The van der Waals surface area contributed by atoms with Crippen LogP contribution in [0.1, 0.15) is 107 Å². The Balaban J connectivity index is 1.46. The molecule has 1 aliphatic heterocycles. The summed E-state index contributed by atoms with van der Waals surface area (Å²) in [4.78, 5) is 48.1. The van der Waals surface area contributed by atoms with Gasteiger partial charge in [-0.15, -0.1) is 0 Å². The average molecular weight is 694 g/mol. The van der Waals surface area contributed by atoms with Crippen LogP contribution in [0.3, 0.4) is 0 Å². The normalized spacial score (nSPS) is 19.5. The number of methoxy groups -OCH3 is 1. The number of halogens is 1. The smallest absolute Gasteiger partial charge is 0.416 e.